The number of nitrogens with two attached hydrogens (primary N) is 3. The van der Waals surface area contributed by atoms with Crippen LogP contribution in [0.5, 0.6) is 0 Å². The number of carbonyl (C=O) groups excluding carboxylic acids is 6. The second-order valence-electron chi connectivity index (χ2n) is 29.3. The number of aliphatic hydroxyl groups is 2. The SMILES string of the molecule is C.CCOC(=O)C(CC(F)(F)F)C1(O)CCN(Cc2ccccc2)CC1.CCOC(=O)CCCC(F)(F)F.NN.NNC(=O)C(CC(F)(F)F)C1(O)CCN(Cc2ccccc2)CC1.O=C1CCN(Cc2ccccc2)CC1.O=C1NC(CC(F)(F)F)C2(CCN(Cc3ccccc3)CC2)O1.O=C1NC(CC(F)(F)F)C2(CCNCC2)O1.O=N[O-].[HH].[Na+]. The Hall–Kier alpha value is -7.55. The number of carbonyl (C=O) groups is 6. The average molecular weight is 1760 g/mol. The predicted molar refractivity (Wildman–Crippen MR) is 415 cm³/mol. The molecule has 7 heterocycles. The molecule has 680 valence electrons. The van der Waals surface area contributed by atoms with Gasteiger partial charge in [-0.3, -0.25) is 55.9 Å². The zero-order valence-electron chi connectivity index (χ0n) is 67.1. The van der Waals surface area contributed by atoms with E-state index in [9.17, 15) is 105 Å². The fourth-order valence-corrected chi connectivity index (χ4v) is 14.6. The zero-order chi connectivity index (χ0) is 88.7. The number of hydrazine groups is 2. The summed E-state index contributed by atoms with van der Waals surface area (Å²) in [7, 11) is 0. The van der Waals surface area contributed by atoms with Gasteiger partial charge in [0.1, 0.15) is 17.0 Å². The average Bonchev–Trinajstić information content (AvgIpc) is 1.63. The van der Waals surface area contributed by atoms with Gasteiger partial charge in [0, 0.05) is 131 Å². The number of nitrogens with zero attached hydrogens (tertiary/aromatic N) is 5. The molecular formula is C79H114F15N12NaO14. The van der Waals surface area contributed by atoms with Gasteiger partial charge in [-0.2, -0.15) is 65.9 Å². The second-order valence-corrected chi connectivity index (χ2v) is 29.3. The first kappa shape index (κ1) is 110. The first-order valence-electron chi connectivity index (χ1n) is 38.6. The number of hydrogen-bond donors (Lipinski definition) is 9. The fourth-order valence-electron chi connectivity index (χ4n) is 14.6. The van der Waals surface area contributed by atoms with Crippen molar-refractivity contribution in [1.82, 2.24) is 41.0 Å². The number of halogens is 15. The van der Waals surface area contributed by atoms with Crippen molar-refractivity contribution in [3.8, 4) is 0 Å². The molecule has 0 aliphatic carbocycles. The van der Waals surface area contributed by atoms with Gasteiger partial charge < -0.3 is 55.2 Å². The first-order chi connectivity index (χ1) is 56.0. The summed E-state index contributed by atoms with van der Waals surface area (Å²) in [6, 6.07) is 37.8. The summed E-state index contributed by atoms with van der Waals surface area (Å²) in [5.41, 5.74) is 1.05. The Labute approximate surface area is 717 Å². The summed E-state index contributed by atoms with van der Waals surface area (Å²) >= 11 is 0. The van der Waals surface area contributed by atoms with E-state index in [1.165, 1.54) is 12.5 Å². The quantitative estimate of drug-likeness (QED) is 0.00547. The molecular weight excluding hydrogens is 1650 g/mol. The number of ketones is 1. The molecule has 2 spiro atoms. The number of rotatable bonds is 21. The van der Waals surface area contributed by atoms with Crippen molar-refractivity contribution >= 4 is 35.8 Å². The van der Waals surface area contributed by atoms with Crippen LogP contribution in [0.2, 0.25) is 0 Å². The molecule has 7 aliphatic heterocycles. The van der Waals surface area contributed by atoms with Crippen LogP contribution in [0.25, 0.3) is 0 Å². The minimum atomic E-state index is -4.55. The summed E-state index contributed by atoms with van der Waals surface area (Å²) in [6.45, 7) is 12.3. The third kappa shape index (κ3) is 41.7. The number of alkyl halides is 15. The number of nitrogens with one attached hydrogen (secondary N) is 4. The van der Waals surface area contributed by atoms with E-state index in [0.717, 1.165) is 61.1 Å². The van der Waals surface area contributed by atoms with E-state index in [4.69, 9.17) is 30.2 Å². The van der Waals surface area contributed by atoms with Crippen LogP contribution in [0, 0.1) is 22.0 Å². The topological polar surface area (TPSA) is 371 Å². The number of alkyl carbamates (subject to hydrolysis) is 2. The Morgan fingerprint density at radius 3 is 1.16 bits per heavy atom. The van der Waals surface area contributed by atoms with Crippen LogP contribution in [0.4, 0.5) is 75.4 Å². The van der Waals surface area contributed by atoms with Crippen LogP contribution in [-0.2, 0) is 64.3 Å². The van der Waals surface area contributed by atoms with Crippen LogP contribution in [0.15, 0.2) is 127 Å². The summed E-state index contributed by atoms with van der Waals surface area (Å²) in [5, 5.41) is 38.0. The maximum Gasteiger partial charge on any atom is 1.00 e. The normalized spacial score (nSPS) is 19.8. The van der Waals surface area contributed by atoms with Gasteiger partial charge in [0.15, 0.2) is 0 Å². The van der Waals surface area contributed by atoms with Crippen LogP contribution in [0.3, 0.4) is 0 Å². The number of Topliss-reactive ketones (excluding diaryl/α,β-unsaturated/α-hetero) is 1. The molecule has 42 heteroatoms. The van der Waals surface area contributed by atoms with Crippen LogP contribution in [0.1, 0.15) is 154 Å². The Morgan fingerprint density at radius 1 is 0.529 bits per heavy atom. The number of amides is 3. The third-order valence-electron chi connectivity index (χ3n) is 20.7. The van der Waals surface area contributed by atoms with Crippen LogP contribution in [-0.4, -0.2) is 210 Å². The van der Waals surface area contributed by atoms with Crippen LogP contribution >= 0.6 is 0 Å². The summed E-state index contributed by atoms with van der Waals surface area (Å²) < 4.78 is 206. The van der Waals surface area contributed by atoms with Gasteiger partial charge in [0.05, 0.1) is 74.0 Å². The Bertz CT molecular complexity index is 3620. The minimum absolute atomic E-state index is 0. The monoisotopic (exact) mass is 1760 g/mol. The molecule has 121 heavy (non-hydrogen) atoms. The van der Waals surface area contributed by atoms with Crippen LogP contribution < -0.4 is 68.5 Å². The first-order valence-corrected chi connectivity index (χ1v) is 38.6. The number of benzene rings is 4. The predicted octanol–water partition coefficient (Wildman–Crippen LogP) is 10.1. The molecule has 4 aromatic rings. The number of esters is 2. The molecule has 4 unspecified atom stereocenters. The molecule has 7 fully saturated rings. The molecule has 0 radical (unpaired) electrons. The van der Waals surface area contributed by atoms with E-state index in [-0.39, 0.29) is 90.1 Å². The smallest absolute Gasteiger partial charge is 0.466 e. The molecule has 7 aliphatic rings. The maximum atomic E-state index is 12.9. The van der Waals surface area contributed by atoms with Gasteiger partial charge in [-0.05, 0) is 81.3 Å². The van der Waals surface area contributed by atoms with Crippen molar-refractivity contribution in [1.29, 1.82) is 0 Å². The largest absolute Gasteiger partial charge is 1.00 e. The number of piperidine rings is 5. The van der Waals surface area contributed by atoms with Crippen molar-refractivity contribution in [2.75, 3.05) is 78.7 Å². The molecule has 11 rings (SSSR count). The summed E-state index contributed by atoms with van der Waals surface area (Å²) in [5.74, 6) is 7.72. The van der Waals surface area contributed by atoms with Crippen molar-refractivity contribution in [3.63, 3.8) is 0 Å². The fraction of sp³-hybridized carbons (Fsp3) is 0.620. The van der Waals surface area contributed by atoms with Crippen molar-refractivity contribution in [2.24, 2.45) is 34.7 Å². The summed E-state index contributed by atoms with van der Waals surface area (Å²) in [4.78, 5) is 84.5. The number of ether oxygens (including phenoxy) is 4. The van der Waals surface area contributed by atoms with E-state index in [1.54, 1.807) is 12.3 Å². The summed E-state index contributed by atoms with van der Waals surface area (Å²) in [6.07, 6.45) is -25.9. The van der Waals surface area contributed by atoms with E-state index in [1.807, 2.05) is 97.1 Å². The third-order valence-corrected chi connectivity index (χ3v) is 20.7. The van der Waals surface area contributed by atoms with E-state index < -0.39 is 139 Å². The van der Waals surface area contributed by atoms with Crippen molar-refractivity contribution in [2.45, 2.75) is 222 Å². The molecule has 3 amide bonds. The molecule has 26 nitrogen and oxygen atoms in total. The second kappa shape index (κ2) is 52.9. The van der Waals surface area contributed by atoms with E-state index in [2.05, 4.69) is 76.2 Å². The van der Waals surface area contributed by atoms with Crippen molar-refractivity contribution < 1.29 is 155 Å². The van der Waals surface area contributed by atoms with Gasteiger partial charge in [-0.15, -0.1) is 5.34 Å². The van der Waals surface area contributed by atoms with Gasteiger partial charge in [-0.25, -0.2) is 15.4 Å². The van der Waals surface area contributed by atoms with Gasteiger partial charge in [0.25, 0.3) is 0 Å². The standard InChI is InChI=1S/C18H24F3NO3.C16H22F3N3O2.C16H19F3N2O2.C12H15NO.C9H13F3N2O2.C7H11F3O2.CH4.H4N2.HNO2.Na.H2/c1-2-25-16(23)15(12-18(19,20)21)17(24)8-10-22(11-9-17)13-14-6-4-3-5-7-14;17-16(18,19)10-13(14(23)21-20)15(24)6-8-22(9-7-15)11-12-4-2-1-3-5-12;17-16(18,19)10-13-15(23-14(22)20-13)6-8-21(9-7-15)11-12-4-2-1-3-5-12;14-12-6-8-13(9-7-12)10-11-4-2-1-3-5-11;10-9(11,12)5-6-8(16-7(15)14-6)1-3-13-4-2-8;1-2-12-6(11)4-3-5-7(8,9)10;;1-2;2-1-3;;/h3-7,15,24H,2,8-13H2,1H3;1-5,13,24H,6-11,20H2,(H,21,23);1-5,13H,6-11H2,(H,20,22);1-5H,6-10H2;6,13H,1-5H2,(H,14,15);2-5H2,1H3;1H4;1-2H2;(H,2,3);;1H/q;;;;;;;;;+1;/p-1. The van der Waals surface area contributed by atoms with E-state index in [0.29, 0.717) is 96.9 Å². The maximum absolute atomic E-state index is 12.9. The molecule has 0 aromatic heterocycles. The molecule has 0 saturated carbocycles. The number of likely N-dealkylation sites (tertiary alicyclic amines) is 4. The Balaban J connectivity index is 0.000000732. The zero-order valence-corrected chi connectivity index (χ0v) is 69.1. The minimum Gasteiger partial charge on any atom is -0.466 e. The molecule has 7 saturated heterocycles. The Morgan fingerprint density at radius 2 is 0.843 bits per heavy atom. The Kier molecular flexibility index (Phi) is 47.9. The van der Waals surface area contributed by atoms with Crippen molar-refractivity contribution in [3.05, 3.63) is 154 Å². The van der Waals surface area contributed by atoms with E-state index >= 15 is 0 Å². The molecule has 0 bridgehead atoms. The molecule has 12 N–H and O–H groups in total. The van der Waals surface area contributed by atoms with Gasteiger partial charge in [0.2, 0.25) is 5.91 Å². The number of hydrogen-bond acceptors (Lipinski definition) is 23. The van der Waals surface area contributed by atoms with Gasteiger partial charge in [-0.1, -0.05) is 129 Å². The van der Waals surface area contributed by atoms with Gasteiger partial charge >= 0.3 is 84.6 Å². The molecule has 4 aromatic carbocycles. The molecule has 4 atom stereocenters.